The molecule has 2 N–H and O–H groups in total. The van der Waals surface area contributed by atoms with E-state index in [-0.39, 0.29) is 5.91 Å². The van der Waals surface area contributed by atoms with Gasteiger partial charge in [0.25, 0.3) is 5.91 Å². The van der Waals surface area contributed by atoms with Gasteiger partial charge >= 0.3 is 6.09 Å². The zero-order chi connectivity index (χ0) is 22.3. The molecule has 0 bridgehead atoms. The number of benzene rings is 2. The summed E-state index contributed by atoms with van der Waals surface area (Å²) in [6, 6.07) is 15.2. The van der Waals surface area contributed by atoms with E-state index in [0.29, 0.717) is 17.8 Å². The molecule has 1 fully saturated rings. The number of piperidine rings is 1. The maximum Gasteiger partial charge on any atom is 0.412 e. The third-order valence-corrected chi connectivity index (χ3v) is 5.10. The molecule has 0 saturated carbocycles. The number of amides is 2. The molecule has 1 saturated heterocycles. The van der Waals surface area contributed by atoms with Crippen LogP contribution in [-0.4, -0.2) is 35.6 Å². The summed E-state index contributed by atoms with van der Waals surface area (Å²) in [6.07, 6.45) is 3.38. The summed E-state index contributed by atoms with van der Waals surface area (Å²) < 4.78 is 5.25. The van der Waals surface area contributed by atoms with E-state index in [9.17, 15) is 9.59 Å². The lowest BCUT2D eigenvalue weighted by atomic mass is 10.1. The number of rotatable bonds is 6. The van der Waals surface area contributed by atoms with Gasteiger partial charge in [-0.2, -0.15) is 0 Å². The predicted molar refractivity (Wildman–Crippen MR) is 123 cm³/mol. The van der Waals surface area contributed by atoms with Crippen molar-refractivity contribution in [2.45, 2.75) is 58.7 Å². The summed E-state index contributed by atoms with van der Waals surface area (Å²) in [5.41, 5.74) is 2.78. The van der Waals surface area contributed by atoms with Gasteiger partial charge in [-0.15, -0.1) is 0 Å². The van der Waals surface area contributed by atoms with Crippen LogP contribution in [0.3, 0.4) is 0 Å². The number of nitrogens with one attached hydrogen (secondary N) is 2. The number of likely N-dealkylation sites (tertiary alicyclic amines) is 1. The van der Waals surface area contributed by atoms with Gasteiger partial charge in [0, 0.05) is 24.3 Å². The maximum absolute atomic E-state index is 12.6. The smallest absolute Gasteiger partial charge is 0.412 e. The Hall–Kier alpha value is -2.86. The third kappa shape index (κ3) is 7.72. The summed E-state index contributed by atoms with van der Waals surface area (Å²) in [5, 5.41) is 5.60. The van der Waals surface area contributed by atoms with E-state index in [2.05, 4.69) is 39.8 Å². The van der Waals surface area contributed by atoms with E-state index in [1.54, 1.807) is 45.0 Å². The molecule has 1 aliphatic heterocycles. The van der Waals surface area contributed by atoms with E-state index in [1.807, 2.05) is 0 Å². The van der Waals surface area contributed by atoms with Crippen molar-refractivity contribution in [3.8, 4) is 0 Å². The number of nitrogens with zero attached hydrogens (tertiary/aromatic N) is 1. The molecule has 166 valence electrons. The first-order valence-electron chi connectivity index (χ1n) is 11.0. The van der Waals surface area contributed by atoms with Crippen molar-refractivity contribution in [3.63, 3.8) is 0 Å². The second-order valence-corrected chi connectivity index (χ2v) is 9.04. The minimum atomic E-state index is -0.581. The predicted octanol–water partition coefficient (Wildman–Crippen LogP) is 4.95. The Kier molecular flexibility index (Phi) is 7.69. The fourth-order valence-corrected chi connectivity index (χ4v) is 3.58. The lowest BCUT2D eigenvalue weighted by Gasteiger charge is -2.26. The molecule has 0 atom stereocenters. The van der Waals surface area contributed by atoms with E-state index >= 15 is 0 Å². The first kappa shape index (κ1) is 22.8. The Balaban J connectivity index is 1.50. The van der Waals surface area contributed by atoms with Crippen LogP contribution >= 0.6 is 0 Å². The summed E-state index contributed by atoms with van der Waals surface area (Å²) in [5.74, 6) is -0.190. The van der Waals surface area contributed by atoms with Gasteiger partial charge in [0.15, 0.2) is 0 Å². The van der Waals surface area contributed by atoms with Gasteiger partial charge in [0.05, 0.1) is 0 Å². The molecule has 0 aliphatic carbocycles. The molecular weight excluding hydrogens is 390 g/mol. The minimum Gasteiger partial charge on any atom is -0.444 e. The largest absolute Gasteiger partial charge is 0.444 e. The Morgan fingerprint density at radius 2 is 1.65 bits per heavy atom. The monoisotopic (exact) mass is 423 g/mol. The van der Waals surface area contributed by atoms with Gasteiger partial charge in [-0.25, -0.2) is 4.79 Å². The highest BCUT2D eigenvalue weighted by Gasteiger charge is 2.16. The molecule has 1 heterocycles. The van der Waals surface area contributed by atoms with E-state index in [4.69, 9.17) is 4.74 Å². The van der Waals surface area contributed by atoms with Crippen molar-refractivity contribution < 1.29 is 14.3 Å². The van der Waals surface area contributed by atoms with Gasteiger partial charge in [-0.3, -0.25) is 15.0 Å². The highest BCUT2D eigenvalue weighted by atomic mass is 16.6. The van der Waals surface area contributed by atoms with Crippen LogP contribution in [0.15, 0.2) is 48.5 Å². The van der Waals surface area contributed by atoms with Crippen LogP contribution in [0.2, 0.25) is 0 Å². The molecule has 3 rings (SSSR count). The molecule has 6 nitrogen and oxygen atoms in total. The average molecular weight is 424 g/mol. The van der Waals surface area contributed by atoms with E-state index in [1.165, 1.54) is 37.9 Å². The van der Waals surface area contributed by atoms with Crippen molar-refractivity contribution in [2.24, 2.45) is 0 Å². The summed E-state index contributed by atoms with van der Waals surface area (Å²) in [4.78, 5) is 27.0. The van der Waals surface area contributed by atoms with Gasteiger partial charge in [0.2, 0.25) is 0 Å². The Bertz CT molecular complexity index is 882. The lowest BCUT2D eigenvalue weighted by Crippen LogP contribution is -2.29. The third-order valence-electron chi connectivity index (χ3n) is 5.10. The summed E-state index contributed by atoms with van der Waals surface area (Å²) in [6.45, 7) is 9.21. The molecular formula is C25H33N3O3. The fraction of sp³-hybridized carbons (Fsp3) is 0.440. The molecule has 2 amide bonds. The zero-order valence-corrected chi connectivity index (χ0v) is 18.7. The molecule has 0 radical (unpaired) electrons. The van der Waals surface area contributed by atoms with Crippen molar-refractivity contribution >= 4 is 17.7 Å². The maximum atomic E-state index is 12.6. The SMILES string of the molecule is CC(C)(C)OC(=O)Nc1cccc(C(=O)NCc2ccc(CN3CCCCC3)cc2)c1. The minimum absolute atomic E-state index is 0.190. The summed E-state index contributed by atoms with van der Waals surface area (Å²) in [7, 11) is 0. The molecule has 1 aliphatic rings. The molecule has 31 heavy (non-hydrogen) atoms. The Labute approximate surface area is 185 Å². The molecule has 0 spiro atoms. The van der Waals surface area contributed by atoms with Crippen LogP contribution in [0.25, 0.3) is 0 Å². The number of carbonyl (C=O) groups excluding carboxylic acids is 2. The van der Waals surface area contributed by atoms with Crippen molar-refractivity contribution in [1.82, 2.24) is 10.2 Å². The highest BCUT2D eigenvalue weighted by molar-refractivity contribution is 5.96. The van der Waals surface area contributed by atoms with Crippen molar-refractivity contribution in [2.75, 3.05) is 18.4 Å². The topological polar surface area (TPSA) is 70.7 Å². The average Bonchev–Trinajstić information content (AvgIpc) is 2.72. The number of hydrogen-bond donors (Lipinski definition) is 2. The number of hydrogen-bond acceptors (Lipinski definition) is 4. The van der Waals surface area contributed by atoms with Crippen LogP contribution in [-0.2, 0) is 17.8 Å². The van der Waals surface area contributed by atoms with E-state index in [0.717, 1.165) is 12.1 Å². The van der Waals surface area contributed by atoms with Crippen LogP contribution in [0.1, 0.15) is 61.5 Å². The van der Waals surface area contributed by atoms with Gasteiger partial charge in [-0.05, 0) is 76.0 Å². The quantitative estimate of drug-likeness (QED) is 0.690. The van der Waals surface area contributed by atoms with Crippen molar-refractivity contribution in [1.29, 1.82) is 0 Å². The van der Waals surface area contributed by atoms with Gasteiger partial charge in [-0.1, -0.05) is 36.8 Å². The van der Waals surface area contributed by atoms with Crippen LogP contribution in [0, 0.1) is 0 Å². The molecule has 2 aromatic carbocycles. The normalized spacial score (nSPS) is 14.7. The lowest BCUT2D eigenvalue weighted by molar-refractivity contribution is 0.0635. The second-order valence-electron chi connectivity index (χ2n) is 9.04. The molecule has 2 aromatic rings. The number of ether oxygens (including phenoxy) is 1. The Morgan fingerprint density at radius 3 is 2.32 bits per heavy atom. The first-order valence-corrected chi connectivity index (χ1v) is 11.0. The summed E-state index contributed by atoms with van der Waals surface area (Å²) >= 11 is 0. The first-order chi connectivity index (χ1) is 14.8. The second kappa shape index (κ2) is 10.4. The van der Waals surface area contributed by atoms with E-state index < -0.39 is 11.7 Å². The van der Waals surface area contributed by atoms with Gasteiger partial charge < -0.3 is 10.1 Å². The zero-order valence-electron chi connectivity index (χ0n) is 18.7. The molecule has 6 heteroatoms. The van der Waals surface area contributed by atoms with Crippen LogP contribution in [0.4, 0.5) is 10.5 Å². The van der Waals surface area contributed by atoms with Crippen LogP contribution in [0.5, 0.6) is 0 Å². The highest BCUT2D eigenvalue weighted by Crippen LogP contribution is 2.15. The standard InChI is InChI=1S/C25H33N3O3/c1-25(2,3)31-24(30)27-22-9-7-8-21(16-22)23(29)26-17-19-10-12-20(13-11-19)18-28-14-5-4-6-15-28/h7-13,16H,4-6,14-15,17-18H2,1-3H3,(H,26,29)(H,27,30). The van der Waals surface area contributed by atoms with Crippen molar-refractivity contribution in [3.05, 3.63) is 65.2 Å². The Morgan fingerprint density at radius 1 is 0.968 bits per heavy atom. The van der Waals surface area contributed by atoms with Crippen LogP contribution < -0.4 is 10.6 Å². The number of anilines is 1. The number of carbonyl (C=O) groups is 2. The fourth-order valence-electron chi connectivity index (χ4n) is 3.58. The van der Waals surface area contributed by atoms with Gasteiger partial charge in [0.1, 0.15) is 5.60 Å². The molecule has 0 aromatic heterocycles. The molecule has 0 unspecified atom stereocenters.